The van der Waals surface area contributed by atoms with Gasteiger partial charge in [-0.15, -0.1) is 0 Å². The van der Waals surface area contributed by atoms with Gasteiger partial charge in [-0.3, -0.25) is 4.79 Å². The third-order valence-corrected chi connectivity index (χ3v) is 4.14. The second kappa shape index (κ2) is 7.11. The van der Waals surface area contributed by atoms with E-state index in [-0.39, 0.29) is 18.6 Å². The first-order valence-electron chi connectivity index (χ1n) is 7.97. The number of ether oxygens (including phenoxy) is 2. The molecule has 1 aromatic rings. The maximum absolute atomic E-state index is 11.9. The van der Waals surface area contributed by atoms with Gasteiger partial charge in [-0.2, -0.15) is 5.10 Å². The highest BCUT2D eigenvalue weighted by atomic mass is 16.5. The molecule has 1 aromatic heterocycles. The van der Waals surface area contributed by atoms with Gasteiger partial charge in [0.25, 0.3) is 0 Å². The molecule has 0 unspecified atom stereocenters. The van der Waals surface area contributed by atoms with Crippen molar-refractivity contribution in [2.24, 2.45) is 0 Å². The van der Waals surface area contributed by atoms with Gasteiger partial charge in [-0.05, 0) is 19.9 Å². The summed E-state index contributed by atoms with van der Waals surface area (Å²) >= 11 is 0. The number of piperidine rings is 1. The fourth-order valence-corrected chi connectivity index (χ4v) is 2.79. The van der Waals surface area contributed by atoms with Crippen molar-refractivity contribution in [3.63, 3.8) is 0 Å². The van der Waals surface area contributed by atoms with Crippen LogP contribution in [0.25, 0.3) is 0 Å². The quantitative estimate of drug-likeness (QED) is 0.852. The first-order valence-corrected chi connectivity index (χ1v) is 7.97. The summed E-state index contributed by atoms with van der Waals surface area (Å²) in [5.41, 5.74) is 0.824. The number of hydrogen-bond donors (Lipinski definition) is 1. The number of nitrogens with zero attached hydrogens (tertiary/aromatic N) is 3. The van der Waals surface area contributed by atoms with Gasteiger partial charge in [0.1, 0.15) is 6.61 Å². The van der Waals surface area contributed by atoms with Crippen molar-refractivity contribution in [3.8, 4) is 5.88 Å². The average Bonchev–Trinajstić information content (AvgIpc) is 2.95. The standard InChI is InChI=1S/C15H24N4O3/c1-18-6-3-13(4-7-18)22-11-14(20)16-10-12-9-15-19(17-12)5-2-8-21-15/h9,13H,2-8,10-11H2,1H3,(H,16,20). The molecule has 1 fully saturated rings. The van der Waals surface area contributed by atoms with Crippen molar-refractivity contribution in [1.29, 1.82) is 0 Å². The molecule has 122 valence electrons. The van der Waals surface area contributed by atoms with Gasteiger partial charge in [0.15, 0.2) is 0 Å². The zero-order chi connectivity index (χ0) is 15.4. The zero-order valence-electron chi connectivity index (χ0n) is 13.1. The maximum Gasteiger partial charge on any atom is 0.246 e. The summed E-state index contributed by atoms with van der Waals surface area (Å²) in [6.07, 6.45) is 3.17. The molecular formula is C15H24N4O3. The SMILES string of the molecule is CN1CCC(OCC(=O)NCc2cc3n(n2)CCCO3)CC1. The molecule has 0 aromatic carbocycles. The number of hydrogen-bond acceptors (Lipinski definition) is 5. The van der Waals surface area contributed by atoms with Gasteiger partial charge in [-0.25, -0.2) is 4.68 Å². The number of aromatic nitrogens is 2. The Kier molecular flexibility index (Phi) is 4.94. The molecule has 1 amide bonds. The normalized spacial score (nSPS) is 19.5. The van der Waals surface area contributed by atoms with Gasteiger partial charge >= 0.3 is 0 Å². The minimum atomic E-state index is -0.0918. The molecule has 0 atom stereocenters. The summed E-state index contributed by atoms with van der Waals surface area (Å²) in [6.45, 7) is 4.22. The van der Waals surface area contributed by atoms with Gasteiger partial charge in [-0.1, -0.05) is 0 Å². The predicted octanol–water partition coefficient (Wildman–Crippen LogP) is 0.393. The Bertz CT molecular complexity index is 485. The molecule has 3 rings (SSSR count). The summed E-state index contributed by atoms with van der Waals surface area (Å²) in [7, 11) is 2.11. The number of likely N-dealkylation sites (tertiary alicyclic amines) is 1. The van der Waals surface area contributed by atoms with Crippen LogP contribution in [0.1, 0.15) is 25.0 Å². The molecule has 0 radical (unpaired) electrons. The summed E-state index contributed by atoms with van der Waals surface area (Å²) < 4.78 is 13.0. The van der Waals surface area contributed by atoms with Crippen LogP contribution < -0.4 is 10.1 Å². The second-order valence-corrected chi connectivity index (χ2v) is 5.99. The van der Waals surface area contributed by atoms with Crippen LogP contribution in [0.5, 0.6) is 5.88 Å². The number of fused-ring (bicyclic) bond motifs is 1. The second-order valence-electron chi connectivity index (χ2n) is 5.99. The van der Waals surface area contributed by atoms with Crippen molar-refractivity contribution in [1.82, 2.24) is 20.0 Å². The van der Waals surface area contributed by atoms with E-state index in [1.807, 2.05) is 10.7 Å². The molecule has 0 saturated carbocycles. The minimum Gasteiger partial charge on any atom is -0.478 e. The Hall–Kier alpha value is -1.60. The van der Waals surface area contributed by atoms with E-state index in [0.29, 0.717) is 6.54 Å². The van der Waals surface area contributed by atoms with Crippen LogP contribution >= 0.6 is 0 Å². The van der Waals surface area contributed by atoms with Crippen LogP contribution in [0.15, 0.2) is 6.07 Å². The summed E-state index contributed by atoms with van der Waals surface area (Å²) in [4.78, 5) is 14.1. The first kappa shape index (κ1) is 15.3. The van der Waals surface area contributed by atoms with Crippen LogP contribution in [0.2, 0.25) is 0 Å². The summed E-state index contributed by atoms with van der Waals surface area (Å²) in [5.74, 6) is 0.698. The van der Waals surface area contributed by atoms with Crippen molar-refractivity contribution in [3.05, 3.63) is 11.8 Å². The minimum absolute atomic E-state index is 0.0918. The number of rotatable bonds is 5. The first-order chi connectivity index (χ1) is 10.7. The predicted molar refractivity (Wildman–Crippen MR) is 80.7 cm³/mol. The Morgan fingerprint density at radius 3 is 3.05 bits per heavy atom. The van der Waals surface area contributed by atoms with E-state index < -0.39 is 0 Å². The lowest BCUT2D eigenvalue weighted by Gasteiger charge is -2.28. The molecule has 22 heavy (non-hydrogen) atoms. The van der Waals surface area contributed by atoms with E-state index in [2.05, 4.69) is 22.4 Å². The van der Waals surface area contributed by atoms with Crippen LogP contribution in [0.3, 0.4) is 0 Å². The molecule has 1 saturated heterocycles. The molecule has 7 heteroatoms. The average molecular weight is 308 g/mol. The van der Waals surface area contributed by atoms with Crippen LogP contribution in [0, 0.1) is 0 Å². The lowest BCUT2D eigenvalue weighted by molar-refractivity contribution is -0.128. The Morgan fingerprint density at radius 2 is 2.27 bits per heavy atom. The molecule has 3 heterocycles. The molecule has 2 aliphatic heterocycles. The Labute approximate surface area is 130 Å². The molecule has 0 spiro atoms. The molecule has 0 aliphatic carbocycles. The monoisotopic (exact) mass is 308 g/mol. The fraction of sp³-hybridized carbons (Fsp3) is 0.733. The van der Waals surface area contributed by atoms with Crippen molar-refractivity contribution >= 4 is 5.91 Å². The van der Waals surface area contributed by atoms with E-state index >= 15 is 0 Å². The lowest BCUT2D eigenvalue weighted by atomic mass is 10.1. The highest BCUT2D eigenvalue weighted by molar-refractivity contribution is 5.77. The van der Waals surface area contributed by atoms with Crippen molar-refractivity contribution < 1.29 is 14.3 Å². The van der Waals surface area contributed by atoms with Crippen molar-refractivity contribution in [2.45, 2.75) is 38.5 Å². The summed E-state index contributed by atoms with van der Waals surface area (Å²) in [5, 5.41) is 7.26. The summed E-state index contributed by atoms with van der Waals surface area (Å²) in [6, 6.07) is 1.89. The van der Waals surface area contributed by atoms with Crippen LogP contribution in [-0.4, -0.2) is 60.0 Å². The number of carbonyl (C=O) groups is 1. The Balaban J connectivity index is 1.38. The van der Waals surface area contributed by atoms with E-state index in [0.717, 1.165) is 57.1 Å². The zero-order valence-corrected chi connectivity index (χ0v) is 13.1. The highest BCUT2D eigenvalue weighted by Gasteiger charge is 2.18. The van der Waals surface area contributed by atoms with E-state index in [4.69, 9.17) is 9.47 Å². The third-order valence-electron chi connectivity index (χ3n) is 4.14. The van der Waals surface area contributed by atoms with Gasteiger partial charge in [0, 0.05) is 32.1 Å². The third kappa shape index (κ3) is 3.98. The van der Waals surface area contributed by atoms with Gasteiger partial charge in [0.05, 0.1) is 24.9 Å². The Morgan fingerprint density at radius 1 is 1.45 bits per heavy atom. The number of aryl methyl sites for hydroxylation is 1. The van der Waals surface area contributed by atoms with E-state index in [1.54, 1.807) is 0 Å². The maximum atomic E-state index is 11.9. The molecule has 7 nitrogen and oxygen atoms in total. The molecule has 1 N–H and O–H groups in total. The topological polar surface area (TPSA) is 68.6 Å². The largest absolute Gasteiger partial charge is 0.478 e. The lowest BCUT2D eigenvalue weighted by Crippen LogP contribution is -2.36. The molecular weight excluding hydrogens is 284 g/mol. The smallest absolute Gasteiger partial charge is 0.246 e. The number of nitrogens with one attached hydrogen (secondary N) is 1. The van der Waals surface area contributed by atoms with Gasteiger partial charge < -0.3 is 19.7 Å². The number of carbonyl (C=O) groups excluding carboxylic acids is 1. The fourth-order valence-electron chi connectivity index (χ4n) is 2.79. The van der Waals surface area contributed by atoms with Gasteiger partial charge in [0.2, 0.25) is 11.8 Å². The van der Waals surface area contributed by atoms with Crippen LogP contribution in [0.4, 0.5) is 0 Å². The van der Waals surface area contributed by atoms with E-state index in [9.17, 15) is 4.79 Å². The van der Waals surface area contributed by atoms with Crippen LogP contribution in [-0.2, 0) is 22.6 Å². The highest BCUT2D eigenvalue weighted by Crippen LogP contribution is 2.18. The van der Waals surface area contributed by atoms with Crippen molar-refractivity contribution in [2.75, 3.05) is 33.4 Å². The van der Waals surface area contributed by atoms with E-state index in [1.165, 1.54) is 0 Å². The molecule has 2 aliphatic rings. The number of amides is 1. The molecule has 0 bridgehead atoms.